The normalized spacial score (nSPS) is 10.8. The van der Waals surface area contributed by atoms with Gasteiger partial charge in [-0.25, -0.2) is 4.98 Å². The Hall–Kier alpha value is -1.20. The summed E-state index contributed by atoms with van der Waals surface area (Å²) in [7, 11) is 0. The van der Waals surface area contributed by atoms with Crippen molar-refractivity contribution in [1.82, 2.24) is 4.98 Å². The van der Waals surface area contributed by atoms with Crippen molar-refractivity contribution in [1.29, 1.82) is 0 Å². The fourth-order valence-electron chi connectivity index (χ4n) is 1.68. The van der Waals surface area contributed by atoms with Crippen molar-refractivity contribution >= 4 is 38.3 Å². The van der Waals surface area contributed by atoms with E-state index in [1.54, 1.807) is 11.3 Å². The zero-order valence-corrected chi connectivity index (χ0v) is 14.1. The molecule has 0 aliphatic carbocycles. The molecule has 20 heavy (non-hydrogen) atoms. The van der Waals surface area contributed by atoms with Crippen LogP contribution in [0.25, 0.3) is 0 Å². The molecule has 0 aliphatic rings. The Morgan fingerprint density at radius 2 is 2.00 bits per heavy atom. The number of rotatable bonds is 4. The molecule has 1 N–H and O–H groups in total. The number of carbonyl (C=O) groups excluding carboxylic acids is 1. The van der Waals surface area contributed by atoms with Gasteiger partial charge in [-0.1, -0.05) is 41.9 Å². The molecule has 2 aromatic rings. The molecule has 0 aliphatic heterocycles. The number of nitrogens with one attached hydrogen (secondary N) is 1. The second-order valence-electron chi connectivity index (χ2n) is 4.97. The topological polar surface area (TPSA) is 42.0 Å². The van der Waals surface area contributed by atoms with E-state index in [-0.39, 0.29) is 11.8 Å². The van der Waals surface area contributed by atoms with Crippen LogP contribution in [0, 0.1) is 12.8 Å². The average Bonchev–Trinajstić information content (AvgIpc) is 2.72. The molecule has 3 nitrogen and oxygen atoms in total. The quantitative estimate of drug-likeness (QED) is 0.885. The molecule has 0 saturated heterocycles. The average molecular weight is 353 g/mol. The number of amides is 1. The van der Waals surface area contributed by atoms with Crippen molar-refractivity contribution < 1.29 is 4.79 Å². The maximum atomic E-state index is 11.7. The molecule has 0 fully saturated rings. The first kappa shape index (κ1) is 15.2. The Bertz CT molecular complexity index is 605. The van der Waals surface area contributed by atoms with Crippen molar-refractivity contribution in [2.75, 3.05) is 5.32 Å². The fraction of sp³-hybridized carbons (Fsp3) is 0.333. The van der Waals surface area contributed by atoms with Gasteiger partial charge in [0.2, 0.25) is 5.91 Å². The van der Waals surface area contributed by atoms with Crippen LogP contribution in [0.15, 0.2) is 28.7 Å². The molecule has 0 atom stereocenters. The summed E-state index contributed by atoms with van der Waals surface area (Å²) in [6.07, 6.45) is 0.842. The van der Waals surface area contributed by atoms with Gasteiger partial charge in [0, 0.05) is 21.7 Å². The Labute approximate surface area is 131 Å². The molecular formula is C15H17BrN2OS. The van der Waals surface area contributed by atoms with Crippen molar-refractivity contribution in [3.63, 3.8) is 0 Å². The molecule has 0 radical (unpaired) electrons. The van der Waals surface area contributed by atoms with Crippen molar-refractivity contribution in [2.45, 2.75) is 27.2 Å². The number of aromatic nitrogens is 1. The Morgan fingerprint density at radius 1 is 1.35 bits per heavy atom. The van der Waals surface area contributed by atoms with E-state index in [2.05, 4.69) is 38.4 Å². The highest BCUT2D eigenvalue weighted by Crippen LogP contribution is 2.26. The summed E-state index contributed by atoms with van der Waals surface area (Å²) in [5, 5.41) is 3.55. The van der Waals surface area contributed by atoms with E-state index >= 15 is 0 Å². The smallest absolute Gasteiger partial charge is 0.228 e. The van der Waals surface area contributed by atoms with Gasteiger partial charge in [-0.2, -0.15) is 0 Å². The third kappa shape index (κ3) is 3.90. The molecule has 0 bridgehead atoms. The van der Waals surface area contributed by atoms with Gasteiger partial charge in [0.05, 0.1) is 5.69 Å². The third-order valence-corrected chi connectivity index (χ3v) is 4.53. The lowest BCUT2D eigenvalue weighted by Gasteiger charge is -2.03. The zero-order chi connectivity index (χ0) is 14.7. The Kier molecular flexibility index (Phi) is 4.94. The standard InChI is InChI=1S/C15H17BrN2OS/c1-9(2)14(19)18-15-17-10(3)13(20-15)8-11-4-6-12(16)7-5-11/h4-7,9H,8H2,1-3H3,(H,17,18,19). The molecule has 5 heteroatoms. The molecular weight excluding hydrogens is 336 g/mol. The monoisotopic (exact) mass is 352 g/mol. The minimum absolute atomic E-state index is 0.00828. The molecule has 0 spiro atoms. The van der Waals surface area contributed by atoms with E-state index in [4.69, 9.17) is 0 Å². The molecule has 1 amide bonds. The van der Waals surface area contributed by atoms with Crippen LogP contribution in [0.3, 0.4) is 0 Å². The lowest BCUT2D eigenvalue weighted by Crippen LogP contribution is -2.17. The number of anilines is 1. The van der Waals surface area contributed by atoms with Gasteiger partial charge >= 0.3 is 0 Å². The van der Waals surface area contributed by atoms with Gasteiger partial charge in [0.1, 0.15) is 0 Å². The van der Waals surface area contributed by atoms with Crippen LogP contribution in [0.4, 0.5) is 5.13 Å². The molecule has 1 aromatic carbocycles. The highest BCUT2D eigenvalue weighted by molar-refractivity contribution is 9.10. The van der Waals surface area contributed by atoms with Gasteiger partial charge in [-0.15, -0.1) is 11.3 Å². The second-order valence-corrected chi connectivity index (χ2v) is 6.97. The molecule has 106 valence electrons. The van der Waals surface area contributed by atoms with Gasteiger partial charge in [0.25, 0.3) is 0 Å². The number of carbonyl (C=O) groups is 1. The zero-order valence-electron chi connectivity index (χ0n) is 11.7. The number of aryl methyl sites for hydroxylation is 1. The summed E-state index contributed by atoms with van der Waals surface area (Å²) in [5.74, 6) is -0.0249. The van der Waals surface area contributed by atoms with Gasteiger partial charge in [0.15, 0.2) is 5.13 Å². The summed E-state index contributed by atoms with van der Waals surface area (Å²) >= 11 is 4.98. The number of hydrogen-bond acceptors (Lipinski definition) is 3. The number of nitrogens with zero attached hydrogens (tertiary/aromatic N) is 1. The van der Waals surface area contributed by atoms with Crippen LogP contribution in [0.5, 0.6) is 0 Å². The maximum absolute atomic E-state index is 11.7. The molecule has 1 aromatic heterocycles. The van der Waals surface area contributed by atoms with Gasteiger partial charge < -0.3 is 5.32 Å². The largest absolute Gasteiger partial charge is 0.302 e. The number of thiazole rings is 1. The molecule has 0 unspecified atom stereocenters. The second kappa shape index (κ2) is 6.50. The number of benzene rings is 1. The first-order valence-corrected chi connectivity index (χ1v) is 8.08. The van der Waals surface area contributed by atoms with Crippen molar-refractivity contribution in [2.24, 2.45) is 5.92 Å². The highest BCUT2D eigenvalue weighted by atomic mass is 79.9. The fourth-order valence-corrected chi connectivity index (χ4v) is 2.95. The first-order chi connectivity index (χ1) is 9.45. The molecule has 1 heterocycles. The predicted octanol–water partition coefficient (Wildman–Crippen LogP) is 4.40. The van der Waals surface area contributed by atoms with Crippen LogP contribution in [-0.4, -0.2) is 10.9 Å². The Balaban J connectivity index is 2.11. The van der Waals surface area contributed by atoms with Crippen molar-refractivity contribution in [3.05, 3.63) is 44.9 Å². The van der Waals surface area contributed by atoms with E-state index in [1.165, 1.54) is 10.4 Å². The van der Waals surface area contributed by atoms with E-state index in [0.29, 0.717) is 5.13 Å². The van der Waals surface area contributed by atoms with Crippen LogP contribution < -0.4 is 5.32 Å². The summed E-state index contributed by atoms with van der Waals surface area (Å²) < 4.78 is 1.08. The predicted molar refractivity (Wildman–Crippen MR) is 87.3 cm³/mol. The lowest BCUT2D eigenvalue weighted by molar-refractivity contribution is -0.118. The van der Waals surface area contributed by atoms with Crippen LogP contribution >= 0.6 is 27.3 Å². The first-order valence-electron chi connectivity index (χ1n) is 6.47. The molecule has 0 saturated carbocycles. The van der Waals surface area contributed by atoms with E-state index in [9.17, 15) is 4.79 Å². The maximum Gasteiger partial charge on any atom is 0.228 e. The van der Waals surface area contributed by atoms with Crippen LogP contribution in [0.1, 0.15) is 30.0 Å². The lowest BCUT2D eigenvalue weighted by atomic mass is 10.1. The van der Waals surface area contributed by atoms with E-state index < -0.39 is 0 Å². The highest BCUT2D eigenvalue weighted by Gasteiger charge is 2.12. The minimum atomic E-state index is -0.0332. The van der Waals surface area contributed by atoms with Crippen LogP contribution in [0.2, 0.25) is 0 Å². The summed E-state index contributed by atoms with van der Waals surface area (Å²) in [6.45, 7) is 5.73. The molecule has 2 rings (SSSR count). The minimum Gasteiger partial charge on any atom is -0.302 e. The number of halogens is 1. The third-order valence-electron chi connectivity index (χ3n) is 2.93. The number of hydrogen-bond donors (Lipinski definition) is 1. The SMILES string of the molecule is Cc1nc(NC(=O)C(C)C)sc1Cc1ccc(Br)cc1. The van der Waals surface area contributed by atoms with Crippen molar-refractivity contribution in [3.8, 4) is 0 Å². The van der Waals surface area contributed by atoms with Crippen LogP contribution in [-0.2, 0) is 11.2 Å². The van der Waals surface area contributed by atoms with Gasteiger partial charge in [-0.3, -0.25) is 4.79 Å². The Morgan fingerprint density at radius 3 is 2.60 bits per heavy atom. The van der Waals surface area contributed by atoms with Gasteiger partial charge in [-0.05, 0) is 24.6 Å². The summed E-state index contributed by atoms with van der Waals surface area (Å²) in [5.41, 5.74) is 2.22. The van der Waals surface area contributed by atoms with E-state index in [1.807, 2.05) is 32.9 Å². The summed E-state index contributed by atoms with van der Waals surface area (Å²) in [6, 6.07) is 8.26. The van der Waals surface area contributed by atoms with E-state index in [0.717, 1.165) is 16.6 Å². The summed E-state index contributed by atoms with van der Waals surface area (Å²) in [4.78, 5) is 17.3.